The summed E-state index contributed by atoms with van der Waals surface area (Å²) in [4.78, 5) is 16.9. The number of nitrogens with zero attached hydrogens (tertiary/aromatic N) is 1. The van der Waals surface area contributed by atoms with Gasteiger partial charge in [-0.2, -0.15) is 0 Å². The second-order valence-corrected chi connectivity index (χ2v) is 4.48. The highest BCUT2D eigenvalue weighted by Crippen LogP contribution is 2.18. The van der Waals surface area contributed by atoms with Crippen LogP contribution in [0.5, 0.6) is 5.75 Å². The van der Waals surface area contributed by atoms with Gasteiger partial charge in [-0.3, -0.25) is 0 Å². The first-order valence-corrected chi connectivity index (χ1v) is 6.74. The number of hydrogen-bond acceptors (Lipinski definition) is 5. The van der Waals surface area contributed by atoms with Crippen LogP contribution in [0.25, 0.3) is 0 Å². The van der Waals surface area contributed by atoms with Gasteiger partial charge in [0.1, 0.15) is 23.7 Å². The fourth-order valence-electron chi connectivity index (χ4n) is 1.79. The first-order chi connectivity index (χ1) is 9.60. The molecule has 1 aromatic heterocycles. The molecule has 0 bridgehead atoms. The van der Waals surface area contributed by atoms with Crippen LogP contribution in [0.1, 0.15) is 43.9 Å². The first kappa shape index (κ1) is 16.0. The van der Waals surface area contributed by atoms with Crippen molar-refractivity contribution >= 4 is 5.71 Å². The van der Waals surface area contributed by atoms with Crippen molar-refractivity contribution in [3.63, 3.8) is 0 Å². The summed E-state index contributed by atoms with van der Waals surface area (Å²) in [6.07, 6.45) is 5.03. The summed E-state index contributed by atoms with van der Waals surface area (Å²) in [7, 11) is 0. The molecule has 0 aliphatic heterocycles. The molecule has 1 heterocycles. The van der Waals surface area contributed by atoms with Gasteiger partial charge in [-0.1, -0.05) is 37.6 Å². The Balaban J connectivity index is 3.06. The normalized spacial score (nSPS) is 11.4. The highest BCUT2D eigenvalue weighted by Gasteiger charge is 2.17. The van der Waals surface area contributed by atoms with Gasteiger partial charge in [0.05, 0.1) is 5.71 Å². The second-order valence-electron chi connectivity index (χ2n) is 4.48. The molecule has 110 valence electrons. The molecule has 0 amide bonds. The van der Waals surface area contributed by atoms with Crippen LogP contribution in [0.2, 0.25) is 0 Å². The molecule has 5 heteroatoms. The van der Waals surface area contributed by atoms with Crippen LogP contribution in [0.3, 0.4) is 0 Å². The van der Waals surface area contributed by atoms with E-state index in [4.69, 9.17) is 9.25 Å². The maximum Gasteiger partial charge on any atom is 0.349 e. The Hall–Kier alpha value is -2.04. The monoisotopic (exact) mass is 279 g/mol. The Morgan fingerprint density at radius 2 is 2.30 bits per heavy atom. The lowest BCUT2D eigenvalue weighted by molar-refractivity contribution is 0.174. The van der Waals surface area contributed by atoms with Gasteiger partial charge in [0.15, 0.2) is 0 Å². The molecule has 0 radical (unpaired) electrons. The molecule has 1 aromatic rings. The summed E-state index contributed by atoms with van der Waals surface area (Å²) in [6, 6.07) is 1.40. The molecule has 0 spiro atoms. The molecule has 0 unspecified atom stereocenters. The third kappa shape index (κ3) is 4.57. The molecule has 1 rings (SSSR count). The van der Waals surface area contributed by atoms with Crippen molar-refractivity contribution in [2.24, 2.45) is 5.16 Å². The standard InChI is InChI=1S/C15H21NO4/c1-4-6-7-8-12(16-19-9-5-2)14-13(17)10-11(3)20-15(14)18/h5,10,17H,2,4,6-9H2,1,3H3. The van der Waals surface area contributed by atoms with E-state index in [1.54, 1.807) is 13.0 Å². The molecule has 20 heavy (non-hydrogen) atoms. The lowest BCUT2D eigenvalue weighted by Crippen LogP contribution is -2.16. The van der Waals surface area contributed by atoms with Crippen LogP contribution in [0, 0.1) is 6.92 Å². The van der Waals surface area contributed by atoms with Crippen molar-refractivity contribution in [2.45, 2.75) is 39.5 Å². The minimum atomic E-state index is -0.597. The summed E-state index contributed by atoms with van der Waals surface area (Å²) in [6.45, 7) is 7.46. The van der Waals surface area contributed by atoms with E-state index in [9.17, 15) is 9.90 Å². The molecule has 5 nitrogen and oxygen atoms in total. The maximum atomic E-state index is 11.9. The Kier molecular flexibility index (Phi) is 6.56. The Morgan fingerprint density at radius 1 is 1.55 bits per heavy atom. The van der Waals surface area contributed by atoms with E-state index < -0.39 is 5.63 Å². The average Bonchev–Trinajstić information content (AvgIpc) is 2.37. The van der Waals surface area contributed by atoms with Gasteiger partial charge in [-0.15, -0.1) is 0 Å². The van der Waals surface area contributed by atoms with Crippen LogP contribution in [0.15, 0.2) is 33.1 Å². The minimum Gasteiger partial charge on any atom is -0.507 e. The zero-order chi connectivity index (χ0) is 15.0. The number of hydrogen-bond donors (Lipinski definition) is 1. The molecule has 0 fully saturated rings. The van der Waals surface area contributed by atoms with Crippen LogP contribution in [0.4, 0.5) is 0 Å². The zero-order valence-electron chi connectivity index (χ0n) is 12.0. The van der Waals surface area contributed by atoms with Crippen LogP contribution < -0.4 is 5.63 Å². The minimum absolute atomic E-state index is 0.0794. The van der Waals surface area contributed by atoms with Gasteiger partial charge < -0.3 is 14.4 Å². The van der Waals surface area contributed by atoms with Crippen LogP contribution in [-0.4, -0.2) is 17.4 Å². The summed E-state index contributed by atoms with van der Waals surface area (Å²) < 4.78 is 5.01. The van der Waals surface area contributed by atoms with E-state index in [2.05, 4.69) is 18.7 Å². The van der Waals surface area contributed by atoms with E-state index in [1.165, 1.54) is 6.07 Å². The molecular formula is C15H21NO4. The molecular weight excluding hydrogens is 258 g/mol. The lowest BCUT2D eigenvalue weighted by Gasteiger charge is -2.07. The largest absolute Gasteiger partial charge is 0.507 e. The third-order valence-corrected chi connectivity index (χ3v) is 2.73. The van der Waals surface area contributed by atoms with Gasteiger partial charge in [0.2, 0.25) is 0 Å². The molecule has 0 saturated carbocycles. The van der Waals surface area contributed by atoms with E-state index in [1.807, 2.05) is 0 Å². The van der Waals surface area contributed by atoms with Gasteiger partial charge in [-0.05, 0) is 19.8 Å². The van der Waals surface area contributed by atoms with Crippen LogP contribution in [-0.2, 0) is 4.84 Å². The van der Waals surface area contributed by atoms with E-state index in [0.717, 1.165) is 19.3 Å². The number of unbranched alkanes of at least 4 members (excludes halogenated alkanes) is 2. The van der Waals surface area contributed by atoms with Gasteiger partial charge >= 0.3 is 5.63 Å². The zero-order valence-corrected chi connectivity index (χ0v) is 12.0. The molecule has 0 aliphatic rings. The summed E-state index contributed by atoms with van der Waals surface area (Å²) in [5.41, 5.74) is -0.109. The highest BCUT2D eigenvalue weighted by atomic mass is 16.6. The Bertz CT molecular complexity index is 531. The molecule has 0 aromatic carbocycles. The fourth-order valence-corrected chi connectivity index (χ4v) is 1.79. The number of aromatic hydroxyl groups is 1. The SMILES string of the molecule is C=CCON=C(CCCCC)c1c(O)cc(C)oc1=O. The number of oxime groups is 1. The van der Waals surface area contributed by atoms with E-state index >= 15 is 0 Å². The third-order valence-electron chi connectivity index (χ3n) is 2.73. The smallest absolute Gasteiger partial charge is 0.349 e. The number of rotatable bonds is 8. The van der Waals surface area contributed by atoms with Crippen LogP contribution >= 0.6 is 0 Å². The van der Waals surface area contributed by atoms with Crippen molar-refractivity contribution in [1.82, 2.24) is 0 Å². The van der Waals surface area contributed by atoms with Gasteiger partial charge in [0.25, 0.3) is 0 Å². The average molecular weight is 279 g/mol. The Morgan fingerprint density at radius 3 is 2.90 bits per heavy atom. The van der Waals surface area contributed by atoms with Crippen molar-refractivity contribution < 1.29 is 14.4 Å². The van der Waals surface area contributed by atoms with Gasteiger partial charge in [0, 0.05) is 6.07 Å². The summed E-state index contributed by atoms with van der Waals surface area (Å²) in [5.74, 6) is 0.229. The molecule has 0 saturated heterocycles. The van der Waals surface area contributed by atoms with Crippen molar-refractivity contribution in [1.29, 1.82) is 0 Å². The van der Waals surface area contributed by atoms with E-state index in [0.29, 0.717) is 17.9 Å². The van der Waals surface area contributed by atoms with Crippen molar-refractivity contribution in [3.05, 3.63) is 40.5 Å². The first-order valence-electron chi connectivity index (χ1n) is 6.74. The van der Waals surface area contributed by atoms with E-state index in [-0.39, 0.29) is 17.9 Å². The molecule has 0 atom stereocenters. The molecule has 1 N–H and O–H groups in total. The Labute approximate surface area is 118 Å². The maximum absolute atomic E-state index is 11.9. The van der Waals surface area contributed by atoms with Crippen molar-refractivity contribution in [3.8, 4) is 5.75 Å². The highest BCUT2D eigenvalue weighted by molar-refractivity contribution is 6.01. The fraction of sp³-hybridized carbons (Fsp3) is 0.467. The summed E-state index contributed by atoms with van der Waals surface area (Å²) >= 11 is 0. The molecule has 0 aliphatic carbocycles. The van der Waals surface area contributed by atoms with Gasteiger partial charge in [-0.25, -0.2) is 4.79 Å². The lowest BCUT2D eigenvalue weighted by atomic mass is 10.0. The van der Waals surface area contributed by atoms with Crippen molar-refractivity contribution in [2.75, 3.05) is 6.61 Å². The predicted molar refractivity (Wildman–Crippen MR) is 78.2 cm³/mol. The summed E-state index contributed by atoms with van der Waals surface area (Å²) in [5, 5.41) is 13.9. The predicted octanol–water partition coefficient (Wildman–Crippen LogP) is 3.14. The topological polar surface area (TPSA) is 72.0 Å². The number of aryl methyl sites for hydroxylation is 1. The second kappa shape index (κ2) is 8.19. The quantitative estimate of drug-likeness (QED) is 0.343.